The zero-order valence-corrected chi connectivity index (χ0v) is 9.17. The second-order valence-electron chi connectivity index (χ2n) is 3.78. The number of carbonyl (C=O) groups is 1. The summed E-state index contributed by atoms with van der Waals surface area (Å²) in [6.07, 6.45) is 3.57. The number of aliphatic hydroxyl groups is 1. The van der Waals surface area contributed by atoms with Crippen molar-refractivity contribution in [3.8, 4) is 0 Å². The fraction of sp³-hybridized carbons (Fsp3) is 0.308. The largest absolute Gasteiger partial charge is 0.392 e. The molecule has 2 unspecified atom stereocenters. The van der Waals surface area contributed by atoms with E-state index in [1.807, 2.05) is 12.1 Å². The van der Waals surface area contributed by atoms with Gasteiger partial charge in [-0.3, -0.25) is 4.79 Å². The molecule has 3 nitrogen and oxygen atoms in total. The molecule has 86 valence electrons. The lowest BCUT2D eigenvalue weighted by atomic mass is 9.82. The van der Waals surface area contributed by atoms with Crippen molar-refractivity contribution in [1.29, 1.82) is 0 Å². The number of nitrogens with two attached hydrogens (primary N) is 1. The van der Waals surface area contributed by atoms with Crippen molar-refractivity contribution in [1.82, 2.24) is 0 Å². The summed E-state index contributed by atoms with van der Waals surface area (Å²) >= 11 is 0. The van der Waals surface area contributed by atoms with Gasteiger partial charge in [0.15, 0.2) is 0 Å². The fourth-order valence-corrected chi connectivity index (χ4v) is 1.96. The number of amides is 1. The van der Waals surface area contributed by atoms with E-state index in [1.54, 1.807) is 0 Å². The molecule has 16 heavy (non-hydrogen) atoms. The molecule has 0 heterocycles. The summed E-state index contributed by atoms with van der Waals surface area (Å²) < 4.78 is 0. The van der Waals surface area contributed by atoms with E-state index in [0.29, 0.717) is 0 Å². The standard InChI is InChI=1S/C12H14O.CH3NO/c1-2-9-7-10-5-3-4-6-11(10)8-12(9)13;2-1-3/h2-6,9,12-13H,1,7-8H2;1H,(H2,2,3). The summed E-state index contributed by atoms with van der Waals surface area (Å²) in [4.78, 5) is 8.58. The predicted octanol–water partition coefficient (Wildman–Crippen LogP) is 1.05. The Kier molecular flexibility index (Phi) is 4.73. The van der Waals surface area contributed by atoms with Crippen molar-refractivity contribution >= 4 is 6.41 Å². The van der Waals surface area contributed by atoms with Crippen LogP contribution in [0.2, 0.25) is 0 Å². The van der Waals surface area contributed by atoms with Crippen molar-refractivity contribution in [2.45, 2.75) is 18.9 Å². The van der Waals surface area contributed by atoms with Gasteiger partial charge >= 0.3 is 0 Å². The highest BCUT2D eigenvalue weighted by Gasteiger charge is 2.23. The van der Waals surface area contributed by atoms with Gasteiger partial charge in [0.25, 0.3) is 0 Å². The van der Waals surface area contributed by atoms with Gasteiger partial charge < -0.3 is 10.8 Å². The van der Waals surface area contributed by atoms with Crippen LogP contribution in [0, 0.1) is 5.92 Å². The Balaban J connectivity index is 0.000000386. The highest BCUT2D eigenvalue weighted by Crippen LogP contribution is 2.26. The van der Waals surface area contributed by atoms with Crippen molar-refractivity contribution < 1.29 is 9.90 Å². The highest BCUT2D eigenvalue weighted by atomic mass is 16.3. The summed E-state index contributed by atoms with van der Waals surface area (Å²) in [7, 11) is 0. The third kappa shape index (κ3) is 2.94. The van der Waals surface area contributed by atoms with E-state index >= 15 is 0 Å². The lowest BCUT2D eigenvalue weighted by Crippen LogP contribution is -2.28. The number of hydrogen-bond acceptors (Lipinski definition) is 2. The van der Waals surface area contributed by atoms with Gasteiger partial charge in [-0.05, 0) is 24.0 Å². The molecule has 3 heteroatoms. The minimum Gasteiger partial charge on any atom is -0.392 e. The Morgan fingerprint density at radius 1 is 1.31 bits per heavy atom. The predicted molar refractivity (Wildman–Crippen MR) is 63.8 cm³/mol. The lowest BCUT2D eigenvalue weighted by Gasteiger charge is -2.27. The summed E-state index contributed by atoms with van der Waals surface area (Å²) in [6, 6.07) is 8.31. The first-order chi connectivity index (χ1) is 7.72. The molecule has 0 aliphatic heterocycles. The minimum absolute atomic E-state index is 0.231. The van der Waals surface area contributed by atoms with Crippen LogP contribution in [0.1, 0.15) is 11.1 Å². The van der Waals surface area contributed by atoms with Crippen LogP contribution in [-0.2, 0) is 17.6 Å². The molecule has 1 aromatic rings. The Hall–Kier alpha value is -1.61. The Bertz CT molecular complexity index is 363. The summed E-state index contributed by atoms with van der Waals surface area (Å²) in [6.45, 7) is 3.75. The third-order valence-electron chi connectivity index (χ3n) is 2.80. The number of hydrogen-bond donors (Lipinski definition) is 2. The molecule has 0 aromatic heterocycles. The van der Waals surface area contributed by atoms with Crippen LogP contribution in [-0.4, -0.2) is 17.6 Å². The molecule has 0 bridgehead atoms. The number of fused-ring (bicyclic) bond motifs is 1. The summed E-state index contributed by atoms with van der Waals surface area (Å²) in [5.74, 6) is 0.231. The van der Waals surface area contributed by atoms with E-state index in [0.717, 1.165) is 12.8 Å². The fourth-order valence-electron chi connectivity index (χ4n) is 1.96. The van der Waals surface area contributed by atoms with Gasteiger partial charge in [0.1, 0.15) is 0 Å². The number of primary amides is 1. The van der Waals surface area contributed by atoms with Gasteiger partial charge in [-0.15, -0.1) is 6.58 Å². The van der Waals surface area contributed by atoms with Crippen LogP contribution in [0.3, 0.4) is 0 Å². The SMILES string of the molecule is C=CC1Cc2ccccc2CC1O.NC=O. The summed E-state index contributed by atoms with van der Waals surface area (Å²) in [5.41, 5.74) is 6.81. The van der Waals surface area contributed by atoms with E-state index in [-0.39, 0.29) is 18.4 Å². The van der Waals surface area contributed by atoms with Crippen LogP contribution < -0.4 is 5.73 Å². The number of carbonyl (C=O) groups excluding carboxylic acids is 1. The molecule has 3 N–H and O–H groups in total. The normalized spacial score (nSPS) is 22.3. The van der Waals surface area contributed by atoms with Crippen molar-refractivity contribution in [3.05, 3.63) is 48.0 Å². The molecule has 0 saturated heterocycles. The molecular weight excluding hydrogens is 202 g/mol. The van der Waals surface area contributed by atoms with E-state index in [9.17, 15) is 5.11 Å². The molecule has 0 saturated carbocycles. The topological polar surface area (TPSA) is 63.3 Å². The lowest BCUT2D eigenvalue weighted by molar-refractivity contribution is -0.106. The van der Waals surface area contributed by atoms with E-state index in [2.05, 4.69) is 30.5 Å². The monoisotopic (exact) mass is 219 g/mol. The zero-order valence-electron chi connectivity index (χ0n) is 9.17. The average Bonchev–Trinajstić information content (AvgIpc) is 2.29. The molecule has 0 radical (unpaired) electrons. The molecule has 1 amide bonds. The number of aliphatic hydroxyl groups excluding tert-OH is 1. The minimum atomic E-state index is -0.243. The molecule has 2 rings (SSSR count). The molecular formula is C13H17NO2. The first-order valence-corrected chi connectivity index (χ1v) is 5.25. The van der Waals surface area contributed by atoms with Crippen LogP contribution in [0.25, 0.3) is 0 Å². The molecule has 1 aliphatic carbocycles. The van der Waals surface area contributed by atoms with Gasteiger partial charge in [0.2, 0.25) is 6.41 Å². The van der Waals surface area contributed by atoms with E-state index in [4.69, 9.17) is 4.79 Å². The summed E-state index contributed by atoms with van der Waals surface area (Å²) in [5, 5.41) is 9.74. The van der Waals surface area contributed by atoms with Crippen molar-refractivity contribution in [3.63, 3.8) is 0 Å². The second kappa shape index (κ2) is 6.08. The van der Waals surface area contributed by atoms with Gasteiger partial charge in [-0.1, -0.05) is 30.3 Å². The number of rotatable bonds is 1. The highest BCUT2D eigenvalue weighted by molar-refractivity contribution is 5.42. The van der Waals surface area contributed by atoms with Crippen LogP contribution in [0.15, 0.2) is 36.9 Å². The molecule has 1 aliphatic rings. The maximum absolute atomic E-state index is 9.74. The first kappa shape index (κ1) is 12.5. The first-order valence-electron chi connectivity index (χ1n) is 5.25. The molecule has 1 aromatic carbocycles. The van der Waals surface area contributed by atoms with Crippen molar-refractivity contribution in [2.75, 3.05) is 0 Å². The van der Waals surface area contributed by atoms with Crippen molar-refractivity contribution in [2.24, 2.45) is 11.7 Å². The maximum Gasteiger partial charge on any atom is 0.204 e. The maximum atomic E-state index is 9.74. The quantitative estimate of drug-likeness (QED) is 0.548. The Labute approximate surface area is 95.6 Å². The average molecular weight is 219 g/mol. The van der Waals surface area contributed by atoms with Crippen LogP contribution in [0.4, 0.5) is 0 Å². The smallest absolute Gasteiger partial charge is 0.204 e. The Morgan fingerprint density at radius 3 is 2.31 bits per heavy atom. The molecule has 2 atom stereocenters. The zero-order chi connectivity index (χ0) is 12.0. The third-order valence-corrected chi connectivity index (χ3v) is 2.80. The van der Waals surface area contributed by atoms with E-state index < -0.39 is 0 Å². The molecule has 0 fully saturated rings. The van der Waals surface area contributed by atoms with Crippen LogP contribution in [0.5, 0.6) is 0 Å². The Morgan fingerprint density at radius 2 is 1.81 bits per heavy atom. The van der Waals surface area contributed by atoms with E-state index in [1.165, 1.54) is 11.1 Å². The van der Waals surface area contributed by atoms with Gasteiger partial charge in [-0.2, -0.15) is 0 Å². The second-order valence-corrected chi connectivity index (χ2v) is 3.78. The van der Waals surface area contributed by atoms with Crippen LogP contribution >= 0.6 is 0 Å². The molecule has 0 spiro atoms. The van der Waals surface area contributed by atoms with Gasteiger partial charge in [-0.25, -0.2) is 0 Å². The van der Waals surface area contributed by atoms with Gasteiger partial charge in [0.05, 0.1) is 6.10 Å². The number of benzene rings is 1. The van der Waals surface area contributed by atoms with Gasteiger partial charge in [0, 0.05) is 5.92 Å².